The highest BCUT2D eigenvalue weighted by atomic mass is 32.2. The summed E-state index contributed by atoms with van der Waals surface area (Å²) in [4.78, 5) is 18.7. The number of benzene rings is 1. The first-order valence-corrected chi connectivity index (χ1v) is 11.7. The van der Waals surface area contributed by atoms with Crippen molar-refractivity contribution in [2.45, 2.75) is 30.2 Å². The number of amides is 1. The van der Waals surface area contributed by atoms with Crippen LogP contribution < -0.4 is 14.4 Å². The van der Waals surface area contributed by atoms with E-state index in [1.807, 2.05) is 11.0 Å². The molecular formula is C18H22N2O6S2. The highest BCUT2D eigenvalue weighted by Gasteiger charge is 2.49. The van der Waals surface area contributed by atoms with Gasteiger partial charge in [0.15, 0.2) is 26.5 Å². The third-order valence-corrected chi connectivity index (χ3v) is 8.33. The molecule has 0 aromatic heterocycles. The average Bonchev–Trinajstić information content (AvgIpc) is 3.36. The predicted molar refractivity (Wildman–Crippen MR) is 107 cm³/mol. The lowest BCUT2D eigenvalue weighted by atomic mass is 10.2. The van der Waals surface area contributed by atoms with Gasteiger partial charge in [-0.15, -0.1) is 0 Å². The maximum Gasteiger partial charge on any atom is 0.277 e. The Balaban J connectivity index is 1.71. The molecule has 0 saturated carbocycles. The molecule has 3 atom stereocenters. The molecule has 0 N–H and O–H groups in total. The Morgan fingerprint density at radius 1 is 1.25 bits per heavy atom. The minimum atomic E-state index is -3.13. The van der Waals surface area contributed by atoms with Crippen LogP contribution in [0.15, 0.2) is 23.2 Å². The van der Waals surface area contributed by atoms with Gasteiger partial charge in [-0.05, 0) is 25.0 Å². The van der Waals surface area contributed by atoms with Gasteiger partial charge in [0.1, 0.15) is 6.10 Å². The fourth-order valence-corrected chi connectivity index (χ4v) is 7.70. The number of nitrogens with zero attached hydrogens (tertiary/aromatic N) is 2. The Bertz CT molecular complexity index is 911. The van der Waals surface area contributed by atoms with Gasteiger partial charge in [0.2, 0.25) is 0 Å². The summed E-state index contributed by atoms with van der Waals surface area (Å²) in [6.45, 7) is 0.567. The van der Waals surface area contributed by atoms with E-state index in [-0.39, 0.29) is 28.7 Å². The lowest BCUT2D eigenvalue weighted by Gasteiger charge is -2.25. The smallest absolute Gasteiger partial charge is 0.277 e. The molecule has 0 radical (unpaired) electrons. The first-order valence-electron chi connectivity index (χ1n) is 9.04. The van der Waals surface area contributed by atoms with E-state index in [4.69, 9.17) is 14.2 Å². The van der Waals surface area contributed by atoms with Crippen molar-refractivity contribution >= 4 is 38.4 Å². The number of rotatable bonds is 4. The summed E-state index contributed by atoms with van der Waals surface area (Å²) in [7, 11) is -0.0332. The highest BCUT2D eigenvalue weighted by molar-refractivity contribution is 8.16. The zero-order chi connectivity index (χ0) is 19.9. The summed E-state index contributed by atoms with van der Waals surface area (Å²) in [6.07, 6.45) is 0.999. The monoisotopic (exact) mass is 426 g/mol. The number of methoxy groups -OCH3 is 2. The highest BCUT2D eigenvalue weighted by Crippen LogP contribution is 2.43. The molecule has 0 bridgehead atoms. The Labute approximate surface area is 168 Å². The van der Waals surface area contributed by atoms with E-state index in [0.29, 0.717) is 35.4 Å². The second-order valence-electron chi connectivity index (χ2n) is 6.94. The molecule has 4 rings (SSSR count). The van der Waals surface area contributed by atoms with Gasteiger partial charge in [0, 0.05) is 23.6 Å². The Kier molecular flexibility index (Phi) is 5.28. The summed E-state index contributed by atoms with van der Waals surface area (Å²) in [5, 5.41) is 0.353. The van der Waals surface area contributed by atoms with E-state index in [2.05, 4.69) is 4.99 Å². The van der Waals surface area contributed by atoms with Crippen LogP contribution in [-0.4, -0.2) is 69.2 Å². The summed E-state index contributed by atoms with van der Waals surface area (Å²) in [5.74, 6) is 0.904. The van der Waals surface area contributed by atoms with Gasteiger partial charge in [-0.2, -0.15) is 4.99 Å². The van der Waals surface area contributed by atoms with E-state index in [1.165, 1.54) is 11.8 Å². The van der Waals surface area contributed by atoms with Gasteiger partial charge in [-0.1, -0.05) is 11.8 Å². The molecule has 152 valence electrons. The van der Waals surface area contributed by atoms with Crippen LogP contribution in [0.5, 0.6) is 11.5 Å². The number of hydrogen-bond donors (Lipinski definition) is 0. The van der Waals surface area contributed by atoms with Gasteiger partial charge in [0.25, 0.3) is 5.91 Å². The fourth-order valence-electron chi connectivity index (χ4n) is 3.78. The molecule has 28 heavy (non-hydrogen) atoms. The minimum Gasteiger partial charge on any atom is -0.493 e. The van der Waals surface area contributed by atoms with Gasteiger partial charge in [-0.25, -0.2) is 8.42 Å². The minimum absolute atomic E-state index is 0.0339. The first kappa shape index (κ1) is 19.5. The molecule has 1 aromatic carbocycles. The van der Waals surface area contributed by atoms with Crippen LogP contribution in [0.2, 0.25) is 0 Å². The molecule has 3 aliphatic rings. The molecule has 3 aliphatic heterocycles. The first-order chi connectivity index (χ1) is 13.4. The van der Waals surface area contributed by atoms with E-state index in [0.717, 1.165) is 6.42 Å². The molecular weight excluding hydrogens is 404 g/mol. The summed E-state index contributed by atoms with van der Waals surface area (Å²) in [6, 6.07) is 5.08. The van der Waals surface area contributed by atoms with Gasteiger partial charge in [-0.3, -0.25) is 4.79 Å². The standard InChI is InChI=1S/C18H22N2O6S2/c1-24-13-6-5-11(8-15(13)25-2)20-12-9-28(22,23)10-16(12)27-18(20)19-17(21)14-4-3-7-26-14/h5-6,8,12,14,16H,3-4,7,9-10H2,1-2H3. The van der Waals surface area contributed by atoms with Crippen LogP contribution in [0.25, 0.3) is 0 Å². The lowest BCUT2D eigenvalue weighted by molar-refractivity contribution is -0.126. The Morgan fingerprint density at radius 3 is 2.71 bits per heavy atom. The van der Waals surface area contributed by atoms with Crippen LogP contribution in [0.4, 0.5) is 5.69 Å². The van der Waals surface area contributed by atoms with Crippen LogP contribution in [0, 0.1) is 0 Å². The van der Waals surface area contributed by atoms with Crippen molar-refractivity contribution in [3.8, 4) is 11.5 Å². The van der Waals surface area contributed by atoms with Crippen molar-refractivity contribution in [2.24, 2.45) is 4.99 Å². The van der Waals surface area contributed by atoms with Crippen molar-refractivity contribution in [2.75, 3.05) is 37.2 Å². The molecule has 0 aliphatic carbocycles. The van der Waals surface area contributed by atoms with Crippen molar-refractivity contribution in [1.82, 2.24) is 0 Å². The second-order valence-corrected chi connectivity index (χ2v) is 10.3. The molecule has 3 saturated heterocycles. The van der Waals surface area contributed by atoms with E-state index < -0.39 is 15.9 Å². The van der Waals surface area contributed by atoms with Crippen LogP contribution in [0.3, 0.4) is 0 Å². The van der Waals surface area contributed by atoms with Crippen molar-refractivity contribution in [3.63, 3.8) is 0 Å². The topological polar surface area (TPSA) is 94.5 Å². The van der Waals surface area contributed by atoms with Crippen molar-refractivity contribution in [3.05, 3.63) is 18.2 Å². The molecule has 1 amide bonds. The van der Waals surface area contributed by atoms with Crippen LogP contribution >= 0.6 is 11.8 Å². The van der Waals surface area contributed by atoms with E-state index >= 15 is 0 Å². The zero-order valence-electron chi connectivity index (χ0n) is 15.7. The maximum absolute atomic E-state index is 12.5. The number of carbonyl (C=O) groups is 1. The number of ether oxygens (including phenoxy) is 3. The van der Waals surface area contributed by atoms with Gasteiger partial charge >= 0.3 is 0 Å². The Hall–Kier alpha value is -1.78. The summed E-state index contributed by atoms with van der Waals surface area (Å²) in [5.41, 5.74) is 0.716. The summed E-state index contributed by atoms with van der Waals surface area (Å²) >= 11 is 1.35. The molecule has 0 spiro atoms. The normalized spacial score (nSPS) is 29.9. The average molecular weight is 427 g/mol. The lowest BCUT2D eigenvalue weighted by Crippen LogP contribution is -2.38. The molecule has 3 heterocycles. The number of thioether (sulfide) groups is 1. The number of sulfone groups is 1. The number of hydrogen-bond acceptors (Lipinski definition) is 7. The van der Waals surface area contributed by atoms with Crippen LogP contribution in [0.1, 0.15) is 12.8 Å². The third-order valence-electron chi connectivity index (χ3n) is 5.12. The number of aliphatic imine (C=N–C) groups is 1. The van der Waals surface area contributed by atoms with Crippen LogP contribution in [-0.2, 0) is 19.4 Å². The molecule has 1 aromatic rings. The maximum atomic E-state index is 12.5. The number of anilines is 1. The number of carbonyl (C=O) groups excluding carboxylic acids is 1. The largest absolute Gasteiger partial charge is 0.493 e. The third kappa shape index (κ3) is 3.60. The molecule has 3 fully saturated rings. The van der Waals surface area contributed by atoms with Gasteiger partial charge < -0.3 is 19.1 Å². The SMILES string of the molecule is COc1ccc(N2C(=NC(=O)C3CCCO3)SC3CS(=O)(=O)CC32)cc1OC. The van der Waals surface area contributed by atoms with Crippen molar-refractivity contribution in [1.29, 1.82) is 0 Å². The van der Waals surface area contributed by atoms with E-state index in [1.54, 1.807) is 26.4 Å². The molecule has 8 nitrogen and oxygen atoms in total. The molecule has 10 heteroatoms. The second kappa shape index (κ2) is 7.57. The number of amidine groups is 1. The zero-order valence-corrected chi connectivity index (χ0v) is 17.3. The fraction of sp³-hybridized carbons (Fsp3) is 0.556. The van der Waals surface area contributed by atoms with Gasteiger partial charge in [0.05, 0.1) is 31.8 Å². The van der Waals surface area contributed by atoms with Crippen molar-refractivity contribution < 1.29 is 27.4 Å². The quantitative estimate of drug-likeness (QED) is 0.715. The summed E-state index contributed by atoms with van der Waals surface area (Å²) < 4.78 is 40.5. The molecule has 3 unspecified atom stereocenters. The Morgan fingerprint density at radius 2 is 2.04 bits per heavy atom. The van der Waals surface area contributed by atoms with E-state index in [9.17, 15) is 13.2 Å². The number of fused-ring (bicyclic) bond motifs is 1. The predicted octanol–water partition coefficient (Wildman–Crippen LogP) is 1.48.